The zero-order chi connectivity index (χ0) is 13.0. The number of urea groups is 1. The number of methoxy groups -OCH3 is 1. The van der Waals surface area contributed by atoms with Crippen LogP contribution in [-0.4, -0.2) is 66.8 Å². The predicted molar refractivity (Wildman–Crippen MR) is 61.8 cm³/mol. The minimum absolute atomic E-state index is 0.224. The summed E-state index contributed by atoms with van der Waals surface area (Å²) in [6.45, 7) is 3.46. The average Bonchev–Trinajstić information content (AvgIpc) is 2.75. The van der Waals surface area contributed by atoms with Gasteiger partial charge in [0, 0.05) is 33.2 Å². The minimum atomic E-state index is -0.992. The van der Waals surface area contributed by atoms with Crippen LogP contribution in [-0.2, 0) is 9.53 Å². The molecule has 1 heterocycles. The summed E-state index contributed by atoms with van der Waals surface area (Å²) in [6.07, 6.45) is 0.912. The number of ether oxygens (including phenoxy) is 1. The third-order valence-corrected chi connectivity index (χ3v) is 3.20. The van der Waals surface area contributed by atoms with Crippen LogP contribution >= 0.6 is 0 Å². The molecule has 17 heavy (non-hydrogen) atoms. The van der Waals surface area contributed by atoms with Crippen molar-refractivity contribution in [1.82, 2.24) is 9.80 Å². The van der Waals surface area contributed by atoms with Gasteiger partial charge in [-0.05, 0) is 13.3 Å². The van der Waals surface area contributed by atoms with Crippen LogP contribution in [0.15, 0.2) is 0 Å². The molecule has 0 radical (unpaired) electrons. The third-order valence-electron chi connectivity index (χ3n) is 3.20. The zero-order valence-electron chi connectivity index (χ0n) is 10.5. The van der Waals surface area contributed by atoms with E-state index < -0.39 is 12.0 Å². The molecule has 1 N–H and O–H groups in total. The Balaban J connectivity index is 2.51. The second-order valence-corrected chi connectivity index (χ2v) is 4.46. The number of carbonyl (C=O) groups excluding carboxylic acids is 1. The topological polar surface area (TPSA) is 70.1 Å². The smallest absolute Gasteiger partial charge is 0.326 e. The van der Waals surface area contributed by atoms with Gasteiger partial charge in [0.2, 0.25) is 0 Å². The number of likely N-dealkylation sites (N-methyl/N-ethyl adjacent to an activating group) is 1. The largest absolute Gasteiger partial charge is 0.480 e. The van der Waals surface area contributed by atoms with E-state index in [-0.39, 0.29) is 6.03 Å². The Morgan fingerprint density at radius 2 is 2.24 bits per heavy atom. The van der Waals surface area contributed by atoms with Gasteiger partial charge in [0.25, 0.3) is 0 Å². The van der Waals surface area contributed by atoms with Crippen LogP contribution in [0.5, 0.6) is 0 Å². The maximum absolute atomic E-state index is 12.0. The predicted octanol–water partition coefficient (Wildman–Crippen LogP) is 0.480. The first-order chi connectivity index (χ1) is 7.97. The van der Waals surface area contributed by atoms with Crippen molar-refractivity contribution in [2.75, 3.05) is 33.9 Å². The molecule has 98 valence electrons. The molecule has 1 saturated heterocycles. The molecule has 0 aromatic rings. The summed E-state index contributed by atoms with van der Waals surface area (Å²) in [5, 5.41) is 8.85. The number of carboxylic acids is 1. The molecule has 2 atom stereocenters. The quantitative estimate of drug-likeness (QED) is 0.781. The van der Waals surface area contributed by atoms with E-state index in [1.54, 1.807) is 12.0 Å². The molecule has 0 aromatic carbocycles. The van der Waals surface area contributed by atoms with Crippen LogP contribution in [0.1, 0.15) is 13.3 Å². The third kappa shape index (κ3) is 3.33. The number of carbonyl (C=O) groups is 2. The Labute approximate surface area is 101 Å². The van der Waals surface area contributed by atoms with Gasteiger partial charge in [0.15, 0.2) is 0 Å². The Kier molecular flexibility index (Phi) is 4.74. The molecule has 0 bridgehead atoms. The number of hydrogen-bond acceptors (Lipinski definition) is 3. The molecule has 1 aliphatic heterocycles. The van der Waals surface area contributed by atoms with Crippen molar-refractivity contribution in [3.8, 4) is 0 Å². The van der Waals surface area contributed by atoms with Crippen molar-refractivity contribution in [2.45, 2.75) is 19.4 Å². The fourth-order valence-electron chi connectivity index (χ4n) is 1.93. The Morgan fingerprint density at radius 1 is 1.59 bits per heavy atom. The van der Waals surface area contributed by atoms with Gasteiger partial charge >= 0.3 is 12.0 Å². The van der Waals surface area contributed by atoms with Crippen molar-refractivity contribution >= 4 is 12.0 Å². The number of hydrogen-bond donors (Lipinski definition) is 1. The van der Waals surface area contributed by atoms with Crippen LogP contribution in [0.3, 0.4) is 0 Å². The van der Waals surface area contributed by atoms with Gasteiger partial charge in [0.05, 0.1) is 6.61 Å². The molecule has 1 fully saturated rings. The second-order valence-electron chi connectivity index (χ2n) is 4.46. The van der Waals surface area contributed by atoms with Gasteiger partial charge < -0.3 is 19.6 Å². The lowest BCUT2D eigenvalue weighted by Gasteiger charge is -2.27. The van der Waals surface area contributed by atoms with Crippen LogP contribution < -0.4 is 0 Å². The van der Waals surface area contributed by atoms with Gasteiger partial charge in [-0.25, -0.2) is 9.59 Å². The second kappa shape index (κ2) is 5.86. The Morgan fingerprint density at radius 3 is 2.76 bits per heavy atom. The van der Waals surface area contributed by atoms with E-state index in [1.807, 2.05) is 0 Å². The lowest BCUT2D eigenvalue weighted by atomic mass is 10.1. The van der Waals surface area contributed by atoms with E-state index in [4.69, 9.17) is 9.84 Å². The normalized spacial score (nSPS) is 21.4. The number of likely N-dealkylation sites (tertiary alicyclic amines) is 1. The highest BCUT2D eigenvalue weighted by Crippen LogP contribution is 2.18. The minimum Gasteiger partial charge on any atom is -0.480 e. The molecule has 0 aliphatic carbocycles. The summed E-state index contributed by atoms with van der Waals surface area (Å²) in [5.74, 6) is -0.633. The van der Waals surface area contributed by atoms with E-state index in [2.05, 4.69) is 0 Å². The van der Waals surface area contributed by atoms with Gasteiger partial charge in [-0.2, -0.15) is 0 Å². The number of carboxylic acid groups (broad SMARTS) is 1. The average molecular weight is 244 g/mol. The monoisotopic (exact) mass is 244 g/mol. The number of aliphatic carboxylic acids is 1. The molecule has 0 spiro atoms. The van der Waals surface area contributed by atoms with Crippen molar-refractivity contribution in [1.29, 1.82) is 0 Å². The highest BCUT2D eigenvalue weighted by atomic mass is 16.5. The standard InChI is InChI=1S/C11H20N2O4/c1-8(10(14)15)12(2)11(16)13-5-4-9(6-13)7-17-3/h8-9H,4-7H2,1-3H3,(H,14,15). The molecule has 6 heteroatoms. The molecule has 1 aliphatic rings. The van der Waals surface area contributed by atoms with E-state index in [9.17, 15) is 9.59 Å². The van der Waals surface area contributed by atoms with Crippen molar-refractivity contribution in [3.63, 3.8) is 0 Å². The highest BCUT2D eigenvalue weighted by Gasteiger charge is 2.31. The Hall–Kier alpha value is -1.30. The van der Waals surface area contributed by atoms with Crippen molar-refractivity contribution in [2.24, 2.45) is 5.92 Å². The molecule has 0 aromatic heterocycles. The van der Waals surface area contributed by atoms with Gasteiger partial charge in [-0.3, -0.25) is 0 Å². The lowest BCUT2D eigenvalue weighted by molar-refractivity contribution is -0.141. The highest BCUT2D eigenvalue weighted by molar-refractivity contribution is 5.82. The molecular formula is C11H20N2O4. The van der Waals surface area contributed by atoms with Crippen LogP contribution in [0.4, 0.5) is 4.79 Å². The maximum Gasteiger partial charge on any atom is 0.326 e. The molecule has 0 saturated carbocycles. The first-order valence-electron chi connectivity index (χ1n) is 5.70. The van der Waals surface area contributed by atoms with E-state index in [0.29, 0.717) is 25.6 Å². The lowest BCUT2D eigenvalue weighted by Crippen LogP contribution is -2.47. The molecule has 2 amide bonds. The molecule has 2 unspecified atom stereocenters. The van der Waals surface area contributed by atoms with Crippen LogP contribution in [0.2, 0.25) is 0 Å². The number of nitrogens with zero attached hydrogens (tertiary/aromatic N) is 2. The van der Waals surface area contributed by atoms with Crippen molar-refractivity contribution in [3.05, 3.63) is 0 Å². The van der Waals surface area contributed by atoms with Gasteiger partial charge in [-0.1, -0.05) is 0 Å². The van der Waals surface area contributed by atoms with Crippen molar-refractivity contribution < 1.29 is 19.4 Å². The van der Waals surface area contributed by atoms with Crippen LogP contribution in [0, 0.1) is 5.92 Å². The van der Waals surface area contributed by atoms with E-state index in [0.717, 1.165) is 6.42 Å². The molecule has 6 nitrogen and oxygen atoms in total. The summed E-state index contributed by atoms with van der Waals surface area (Å²) in [5.41, 5.74) is 0. The molecule has 1 rings (SSSR count). The molecular weight excluding hydrogens is 224 g/mol. The fraction of sp³-hybridized carbons (Fsp3) is 0.818. The number of amides is 2. The van der Waals surface area contributed by atoms with E-state index >= 15 is 0 Å². The summed E-state index contributed by atoms with van der Waals surface area (Å²) in [7, 11) is 3.16. The summed E-state index contributed by atoms with van der Waals surface area (Å²) in [6, 6.07) is -1.03. The fourth-order valence-corrected chi connectivity index (χ4v) is 1.93. The van der Waals surface area contributed by atoms with Crippen LogP contribution in [0.25, 0.3) is 0 Å². The van der Waals surface area contributed by atoms with E-state index in [1.165, 1.54) is 18.9 Å². The SMILES string of the molecule is COCC1CCN(C(=O)N(C)C(C)C(=O)O)C1. The summed E-state index contributed by atoms with van der Waals surface area (Å²) < 4.78 is 5.05. The first-order valence-corrected chi connectivity index (χ1v) is 5.70. The Bertz CT molecular complexity index is 295. The zero-order valence-corrected chi connectivity index (χ0v) is 10.5. The summed E-state index contributed by atoms with van der Waals surface area (Å²) >= 11 is 0. The number of rotatable bonds is 4. The first kappa shape index (κ1) is 13.8. The van der Waals surface area contributed by atoms with Gasteiger partial charge in [0.1, 0.15) is 6.04 Å². The summed E-state index contributed by atoms with van der Waals surface area (Å²) in [4.78, 5) is 25.7. The van der Waals surface area contributed by atoms with Gasteiger partial charge in [-0.15, -0.1) is 0 Å². The maximum atomic E-state index is 12.0.